The van der Waals surface area contributed by atoms with Gasteiger partial charge in [0.2, 0.25) is 0 Å². The van der Waals surface area contributed by atoms with Crippen molar-refractivity contribution in [2.24, 2.45) is 0 Å². The minimum atomic E-state index is -3.06. The molecule has 2 aromatic rings. The Morgan fingerprint density at radius 1 is 1.37 bits per heavy atom. The maximum absolute atomic E-state index is 13.5. The predicted molar refractivity (Wildman–Crippen MR) is 63.2 cm³/mol. The van der Waals surface area contributed by atoms with E-state index in [1.165, 1.54) is 12.1 Å². The van der Waals surface area contributed by atoms with Crippen molar-refractivity contribution >= 4 is 5.97 Å². The minimum Gasteiger partial charge on any atom is -0.476 e. The first-order valence-corrected chi connectivity index (χ1v) is 5.48. The average Bonchev–Trinajstić information content (AvgIpc) is 2.76. The second-order valence-electron chi connectivity index (χ2n) is 4.32. The van der Waals surface area contributed by atoms with Crippen LogP contribution in [0.25, 0.3) is 11.3 Å². The number of aromatic carboxylic acids is 1. The van der Waals surface area contributed by atoms with E-state index in [0.717, 1.165) is 18.6 Å². The number of carbonyl (C=O) groups is 1. The van der Waals surface area contributed by atoms with Crippen molar-refractivity contribution in [1.82, 2.24) is 5.16 Å². The number of aromatic nitrogens is 1. The number of rotatable bonds is 3. The molecule has 0 aliphatic heterocycles. The van der Waals surface area contributed by atoms with Gasteiger partial charge in [-0.2, -0.15) is 0 Å². The summed E-state index contributed by atoms with van der Waals surface area (Å²) in [6, 6.07) is 5.50. The Balaban J connectivity index is 2.59. The van der Waals surface area contributed by atoms with E-state index in [-0.39, 0.29) is 22.6 Å². The number of hydrogen-bond donors (Lipinski definition) is 1. The van der Waals surface area contributed by atoms with Gasteiger partial charge in [-0.3, -0.25) is 0 Å². The third-order valence-electron chi connectivity index (χ3n) is 2.64. The Morgan fingerprint density at radius 2 is 2.05 bits per heavy atom. The fourth-order valence-corrected chi connectivity index (χ4v) is 1.75. The molecule has 1 heterocycles. The van der Waals surface area contributed by atoms with Gasteiger partial charge < -0.3 is 9.63 Å². The van der Waals surface area contributed by atoms with Crippen molar-refractivity contribution in [2.75, 3.05) is 0 Å². The molecule has 0 atom stereocenters. The summed E-state index contributed by atoms with van der Waals surface area (Å²) in [5.74, 6) is -4.32. The molecule has 1 aromatic carbocycles. The fourth-order valence-electron chi connectivity index (χ4n) is 1.75. The lowest BCUT2D eigenvalue weighted by molar-refractivity contribution is 0.0179. The third-order valence-corrected chi connectivity index (χ3v) is 2.64. The summed E-state index contributed by atoms with van der Waals surface area (Å²) >= 11 is 0. The van der Waals surface area contributed by atoms with Crippen LogP contribution in [-0.2, 0) is 5.92 Å². The Labute approximate surface area is 107 Å². The molecule has 1 N–H and O–H groups in total. The highest BCUT2D eigenvalue weighted by Crippen LogP contribution is 2.36. The van der Waals surface area contributed by atoms with Crippen LogP contribution >= 0.6 is 0 Å². The van der Waals surface area contributed by atoms with Crippen LogP contribution in [0.4, 0.5) is 8.78 Å². The molecule has 6 heteroatoms. The number of benzene rings is 1. The van der Waals surface area contributed by atoms with Crippen LogP contribution in [0.1, 0.15) is 28.5 Å². The van der Waals surface area contributed by atoms with Gasteiger partial charge in [0, 0.05) is 24.1 Å². The Bertz CT molecular complexity index is 629. The molecule has 0 saturated heterocycles. The topological polar surface area (TPSA) is 63.3 Å². The van der Waals surface area contributed by atoms with Gasteiger partial charge in [-0.05, 0) is 13.0 Å². The van der Waals surface area contributed by atoms with Crippen molar-refractivity contribution in [3.8, 4) is 11.3 Å². The number of carboxylic acids is 1. The van der Waals surface area contributed by atoms with Crippen molar-refractivity contribution < 1.29 is 23.2 Å². The highest BCUT2D eigenvalue weighted by Gasteiger charge is 2.29. The Hall–Kier alpha value is -2.24. The number of halogens is 2. The second-order valence-corrected chi connectivity index (χ2v) is 4.32. The van der Waals surface area contributed by atoms with E-state index in [4.69, 9.17) is 9.63 Å². The highest BCUT2D eigenvalue weighted by atomic mass is 19.3. The standard InChI is InChI=1S/C13H11F2NO3/c1-7-3-4-9(13(2,14)15)8(5-7)11-6-10(12(17)18)16-19-11/h3-6H,1-2H3,(H,17,18). The van der Waals surface area contributed by atoms with Gasteiger partial charge in [-0.25, -0.2) is 13.6 Å². The van der Waals surface area contributed by atoms with Crippen LogP contribution in [0, 0.1) is 6.92 Å². The predicted octanol–water partition coefficient (Wildman–Crippen LogP) is 3.46. The molecule has 19 heavy (non-hydrogen) atoms. The molecule has 0 saturated carbocycles. The molecule has 0 spiro atoms. The van der Waals surface area contributed by atoms with E-state index in [1.54, 1.807) is 13.0 Å². The first-order valence-electron chi connectivity index (χ1n) is 5.48. The van der Waals surface area contributed by atoms with Crippen LogP contribution in [0.2, 0.25) is 0 Å². The first-order chi connectivity index (χ1) is 8.79. The van der Waals surface area contributed by atoms with Crippen LogP contribution in [0.3, 0.4) is 0 Å². The summed E-state index contributed by atoms with van der Waals surface area (Å²) in [6.45, 7) is 2.52. The molecule has 4 nitrogen and oxygen atoms in total. The number of carboxylic acid groups (broad SMARTS) is 1. The van der Waals surface area contributed by atoms with Crippen LogP contribution < -0.4 is 0 Å². The minimum absolute atomic E-state index is 0.0117. The molecule has 0 radical (unpaired) electrons. The Kier molecular flexibility index (Phi) is 3.09. The maximum Gasteiger partial charge on any atom is 0.358 e. The average molecular weight is 267 g/mol. The zero-order valence-corrected chi connectivity index (χ0v) is 10.3. The zero-order chi connectivity index (χ0) is 14.2. The maximum atomic E-state index is 13.5. The molecular formula is C13H11F2NO3. The Morgan fingerprint density at radius 3 is 2.58 bits per heavy atom. The van der Waals surface area contributed by atoms with Gasteiger partial charge in [0.25, 0.3) is 5.92 Å². The van der Waals surface area contributed by atoms with Gasteiger partial charge >= 0.3 is 5.97 Å². The molecule has 0 bridgehead atoms. The molecule has 2 rings (SSSR count). The lowest BCUT2D eigenvalue weighted by atomic mass is 9.98. The molecule has 100 valence electrons. The monoisotopic (exact) mass is 267 g/mol. The molecule has 0 aliphatic rings. The van der Waals surface area contributed by atoms with Crippen molar-refractivity contribution in [3.05, 3.63) is 41.1 Å². The highest BCUT2D eigenvalue weighted by molar-refractivity contribution is 5.86. The second kappa shape index (κ2) is 4.46. The van der Waals surface area contributed by atoms with Gasteiger partial charge in [0.15, 0.2) is 11.5 Å². The zero-order valence-electron chi connectivity index (χ0n) is 10.3. The van der Waals surface area contributed by atoms with E-state index in [1.807, 2.05) is 0 Å². The molecule has 0 fully saturated rings. The SMILES string of the molecule is Cc1ccc(C(C)(F)F)c(-c2cc(C(=O)O)no2)c1. The quantitative estimate of drug-likeness (QED) is 0.924. The lowest BCUT2D eigenvalue weighted by Gasteiger charge is -2.14. The third kappa shape index (κ3) is 2.62. The van der Waals surface area contributed by atoms with Gasteiger partial charge in [-0.15, -0.1) is 0 Å². The van der Waals surface area contributed by atoms with Gasteiger partial charge in [0.05, 0.1) is 0 Å². The number of alkyl halides is 2. The summed E-state index contributed by atoms with van der Waals surface area (Å²) in [6.07, 6.45) is 0. The molecular weight excluding hydrogens is 256 g/mol. The van der Waals surface area contributed by atoms with E-state index in [0.29, 0.717) is 0 Å². The molecule has 1 aromatic heterocycles. The summed E-state index contributed by atoms with van der Waals surface area (Å²) in [7, 11) is 0. The lowest BCUT2D eigenvalue weighted by Crippen LogP contribution is -2.09. The van der Waals surface area contributed by atoms with E-state index in [9.17, 15) is 13.6 Å². The fraction of sp³-hybridized carbons (Fsp3) is 0.231. The smallest absolute Gasteiger partial charge is 0.358 e. The number of nitrogens with zero attached hydrogens (tertiary/aromatic N) is 1. The van der Waals surface area contributed by atoms with Gasteiger partial charge in [-0.1, -0.05) is 22.9 Å². The number of aryl methyl sites for hydroxylation is 1. The van der Waals surface area contributed by atoms with Crippen LogP contribution in [0.5, 0.6) is 0 Å². The first kappa shape index (κ1) is 13.2. The normalized spacial score (nSPS) is 11.6. The van der Waals surface area contributed by atoms with E-state index >= 15 is 0 Å². The van der Waals surface area contributed by atoms with Crippen LogP contribution in [-0.4, -0.2) is 16.2 Å². The summed E-state index contributed by atoms with van der Waals surface area (Å²) < 4.78 is 31.9. The van der Waals surface area contributed by atoms with Crippen molar-refractivity contribution in [1.29, 1.82) is 0 Å². The summed E-state index contributed by atoms with van der Waals surface area (Å²) in [4.78, 5) is 10.7. The largest absolute Gasteiger partial charge is 0.476 e. The molecule has 0 amide bonds. The van der Waals surface area contributed by atoms with Crippen molar-refractivity contribution in [3.63, 3.8) is 0 Å². The summed E-state index contributed by atoms with van der Waals surface area (Å²) in [5, 5.41) is 12.1. The van der Waals surface area contributed by atoms with E-state index < -0.39 is 11.9 Å². The van der Waals surface area contributed by atoms with Gasteiger partial charge in [0.1, 0.15) is 0 Å². The van der Waals surface area contributed by atoms with E-state index in [2.05, 4.69) is 5.16 Å². The van der Waals surface area contributed by atoms with Crippen LogP contribution in [0.15, 0.2) is 28.8 Å². The number of hydrogen-bond acceptors (Lipinski definition) is 3. The summed E-state index contributed by atoms with van der Waals surface area (Å²) in [5.41, 5.74) is 0.358. The molecule has 0 aliphatic carbocycles. The van der Waals surface area contributed by atoms with Crippen molar-refractivity contribution in [2.45, 2.75) is 19.8 Å². The molecule has 0 unspecified atom stereocenters.